The number of rotatable bonds is 7. The zero-order chi connectivity index (χ0) is 20.7. The predicted octanol–water partition coefficient (Wildman–Crippen LogP) is 4.11. The SMILES string of the molecule is CC.COCCNc1cc(C)nc2c(-c3ccc(OC)cc3OC)c(C)nn12. The molecule has 2 heterocycles. The lowest BCUT2D eigenvalue weighted by molar-refractivity contribution is 0.210. The average molecular weight is 386 g/mol. The molecule has 0 amide bonds. The number of fused-ring (bicyclic) bond motifs is 1. The molecular formula is C21H30N4O3. The minimum atomic E-state index is 0.613. The first kappa shape index (κ1) is 21.5. The van der Waals surface area contributed by atoms with E-state index in [2.05, 4.69) is 5.32 Å². The van der Waals surface area contributed by atoms with Crippen molar-refractivity contribution in [3.63, 3.8) is 0 Å². The van der Waals surface area contributed by atoms with Crippen LogP contribution in [0, 0.1) is 13.8 Å². The summed E-state index contributed by atoms with van der Waals surface area (Å²) in [6, 6.07) is 7.73. The van der Waals surface area contributed by atoms with E-state index >= 15 is 0 Å². The van der Waals surface area contributed by atoms with E-state index in [0.29, 0.717) is 13.2 Å². The number of methoxy groups -OCH3 is 3. The van der Waals surface area contributed by atoms with Gasteiger partial charge in [0, 0.05) is 37.0 Å². The molecule has 3 rings (SSSR count). The number of anilines is 1. The fraction of sp³-hybridized carbons (Fsp3) is 0.429. The van der Waals surface area contributed by atoms with E-state index in [1.165, 1.54) is 0 Å². The summed E-state index contributed by atoms with van der Waals surface area (Å²) in [7, 11) is 4.97. The lowest BCUT2D eigenvalue weighted by Gasteiger charge is -2.11. The number of benzene rings is 1. The van der Waals surface area contributed by atoms with Gasteiger partial charge in [-0.05, 0) is 26.0 Å². The molecule has 0 atom stereocenters. The van der Waals surface area contributed by atoms with Gasteiger partial charge < -0.3 is 19.5 Å². The molecule has 0 fully saturated rings. The Morgan fingerprint density at radius 3 is 2.43 bits per heavy atom. The molecule has 2 aromatic heterocycles. The van der Waals surface area contributed by atoms with Crippen LogP contribution in [0.4, 0.5) is 5.82 Å². The molecule has 0 unspecified atom stereocenters. The maximum atomic E-state index is 5.58. The van der Waals surface area contributed by atoms with Gasteiger partial charge in [-0.25, -0.2) is 4.98 Å². The molecule has 1 aromatic carbocycles. The summed E-state index contributed by atoms with van der Waals surface area (Å²) in [5.41, 5.74) is 4.45. The van der Waals surface area contributed by atoms with Crippen LogP contribution in [0.25, 0.3) is 16.8 Å². The van der Waals surface area contributed by atoms with E-state index in [-0.39, 0.29) is 0 Å². The van der Waals surface area contributed by atoms with Gasteiger partial charge in [-0.15, -0.1) is 0 Å². The van der Waals surface area contributed by atoms with Gasteiger partial charge in [0.25, 0.3) is 0 Å². The first-order valence-electron chi connectivity index (χ1n) is 9.41. The van der Waals surface area contributed by atoms with Crippen LogP contribution >= 0.6 is 0 Å². The average Bonchev–Trinajstić information content (AvgIpc) is 3.04. The van der Waals surface area contributed by atoms with E-state index in [4.69, 9.17) is 24.3 Å². The highest BCUT2D eigenvalue weighted by Crippen LogP contribution is 2.37. The molecule has 0 radical (unpaired) electrons. The third-order valence-corrected chi connectivity index (χ3v) is 4.18. The second kappa shape index (κ2) is 9.94. The summed E-state index contributed by atoms with van der Waals surface area (Å²) in [6.45, 7) is 9.25. The van der Waals surface area contributed by atoms with Crippen molar-refractivity contribution in [3.8, 4) is 22.6 Å². The molecule has 0 spiro atoms. The van der Waals surface area contributed by atoms with E-state index in [9.17, 15) is 0 Å². The van der Waals surface area contributed by atoms with Gasteiger partial charge in [-0.3, -0.25) is 0 Å². The molecule has 0 saturated carbocycles. The van der Waals surface area contributed by atoms with E-state index in [1.54, 1.807) is 21.3 Å². The Labute approximate surface area is 166 Å². The molecule has 0 saturated heterocycles. The molecule has 0 aliphatic carbocycles. The zero-order valence-electron chi connectivity index (χ0n) is 17.8. The summed E-state index contributed by atoms with van der Waals surface area (Å²) in [5.74, 6) is 2.34. The molecule has 7 heteroatoms. The van der Waals surface area contributed by atoms with Crippen LogP contribution in [0.15, 0.2) is 24.3 Å². The molecule has 152 valence electrons. The number of aryl methyl sites for hydroxylation is 2. The van der Waals surface area contributed by atoms with Gasteiger partial charge in [-0.2, -0.15) is 9.61 Å². The van der Waals surface area contributed by atoms with Crippen LogP contribution in [0.2, 0.25) is 0 Å². The van der Waals surface area contributed by atoms with Crippen molar-refractivity contribution in [1.82, 2.24) is 14.6 Å². The first-order valence-corrected chi connectivity index (χ1v) is 9.41. The maximum Gasteiger partial charge on any atom is 0.165 e. The molecular weight excluding hydrogens is 356 g/mol. The van der Waals surface area contributed by atoms with Crippen molar-refractivity contribution >= 4 is 11.5 Å². The van der Waals surface area contributed by atoms with Gasteiger partial charge in [0.15, 0.2) is 5.65 Å². The Morgan fingerprint density at radius 2 is 1.79 bits per heavy atom. The summed E-state index contributed by atoms with van der Waals surface area (Å²) >= 11 is 0. The van der Waals surface area contributed by atoms with Crippen molar-refractivity contribution in [3.05, 3.63) is 35.7 Å². The zero-order valence-corrected chi connectivity index (χ0v) is 17.8. The molecule has 3 aromatic rings. The van der Waals surface area contributed by atoms with E-state index in [1.807, 2.05) is 56.5 Å². The van der Waals surface area contributed by atoms with Crippen LogP contribution in [0.1, 0.15) is 25.2 Å². The lowest BCUT2D eigenvalue weighted by atomic mass is 10.0. The molecule has 7 nitrogen and oxygen atoms in total. The van der Waals surface area contributed by atoms with E-state index < -0.39 is 0 Å². The normalized spacial score (nSPS) is 10.4. The Bertz CT molecular complexity index is 922. The van der Waals surface area contributed by atoms with Crippen LogP contribution in [-0.2, 0) is 4.74 Å². The van der Waals surface area contributed by atoms with Gasteiger partial charge in [-0.1, -0.05) is 13.8 Å². The van der Waals surface area contributed by atoms with Gasteiger partial charge in [0.1, 0.15) is 17.3 Å². The van der Waals surface area contributed by atoms with Gasteiger partial charge >= 0.3 is 0 Å². The van der Waals surface area contributed by atoms with Crippen LogP contribution in [-0.4, -0.2) is 49.1 Å². The fourth-order valence-corrected chi connectivity index (χ4v) is 2.97. The van der Waals surface area contributed by atoms with Gasteiger partial charge in [0.2, 0.25) is 0 Å². The molecule has 28 heavy (non-hydrogen) atoms. The number of hydrogen-bond donors (Lipinski definition) is 1. The Morgan fingerprint density at radius 1 is 1.04 bits per heavy atom. The summed E-state index contributed by atoms with van der Waals surface area (Å²) in [5, 5.41) is 8.04. The lowest BCUT2D eigenvalue weighted by Crippen LogP contribution is -2.12. The van der Waals surface area contributed by atoms with E-state index in [0.717, 1.165) is 45.5 Å². The second-order valence-electron chi connectivity index (χ2n) is 5.96. The molecule has 0 aliphatic rings. The number of nitrogens with one attached hydrogen (secondary N) is 1. The smallest absolute Gasteiger partial charge is 0.165 e. The minimum absolute atomic E-state index is 0.613. The molecule has 0 bridgehead atoms. The standard InChI is InChI=1S/C19H24N4O3.C2H6/c1-12-10-17(20-8-9-24-3)23-19(21-12)18(13(2)22-23)15-7-6-14(25-4)11-16(15)26-5;1-2/h6-7,10-11,20H,8-9H2,1-5H3;1-2H3. The van der Waals surface area contributed by atoms with Crippen molar-refractivity contribution in [2.45, 2.75) is 27.7 Å². The minimum Gasteiger partial charge on any atom is -0.497 e. The number of ether oxygens (including phenoxy) is 3. The Kier molecular flexibility index (Phi) is 7.63. The number of hydrogen-bond acceptors (Lipinski definition) is 6. The number of nitrogens with zero attached hydrogens (tertiary/aromatic N) is 3. The third kappa shape index (κ3) is 4.36. The second-order valence-corrected chi connectivity index (χ2v) is 5.96. The highest BCUT2D eigenvalue weighted by molar-refractivity contribution is 5.85. The highest BCUT2D eigenvalue weighted by Gasteiger charge is 2.19. The first-order chi connectivity index (χ1) is 13.6. The maximum absolute atomic E-state index is 5.58. The molecule has 1 N–H and O–H groups in total. The third-order valence-electron chi connectivity index (χ3n) is 4.18. The van der Waals surface area contributed by atoms with Crippen molar-refractivity contribution in [1.29, 1.82) is 0 Å². The highest BCUT2D eigenvalue weighted by atomic mass is 16.5. The summed E-state index contributed by atoms with van der Waals surface area (Å²) in [6.07, 6.45) is 0. The topological polar surface area (TPSA) is 69.9 Å². The van der Waals surface area contributed by atoms with Crippen LogP contribution in [0.5, 0.6) is 11.5 Å². The Hall–Kier alpha value is -2.80. The quantitative estimate of drug-likeness (QED) is 0.616. The van der Waals surface area contributed by atoms with Crippen LogP contribution in [0.3, 0.4) is 0 Å². The largest absolute Gasteiger partial charge is 0.497 e. The monoisotopic (exact) mass is 386 g/mol. The van der Waals surface area contributed by atoms with Gasteiger partial charge in [0.05, 0.1) is 32.1 Å². The Balaban J connectivity index is 0.00000136. The van der Waals surface area contributed by atoms with Crippen molar-refractivity contribution in [2.24, 2.45) is 0 Å². The predicted molar refractivity (Wildman–Crippen MR) is 113 cm³/mol. The summed E-state index contributed by atoms with van der Waals surface area (Å²) < 4.78 is 17.8. The van der Waals surface area contributed by atoms with Crippen molar-refractivity contribution < 1.29 is 14.2 Å². The number of aromatic nitrogens is 3. The van der Waals surface area contributed by atoms with Crippen molar-refractivity contribution in [2.75, 3.05) is 39.8 Å². The summed E-state index contributed by atoms with van der Waals surface area (Å²) in [4.78, 5) is 4.72. The fourth-order valence-electron chi connectivity index (χ4n) is 2.97. The van der Waals surface area contributed by atoms with Crippen LogP contribution < -0.4 is 14.8 Å². The molecule has 0 aliphatic heterocycles.